The monoisotopic (exact) mass is 439 g/mol. The van der Waals surface area contributed by atoms with E-state index < -0.39 is 17.7 Å². The van der Waals surface area contributed by atoms with E-state index in [2.05, 4.69) is 15.9 Å². The highest BCUT2D eigenvalue weighted by Crippen LogP contribution is 2.43. The number of ketones is 1. The van der Waals surface area contributed by atoms with Crippen molar-refractivity contribution in [2.24, 2.45) is 0 Å². The third kappa shape index (κ3) is 3.39. The molecule has 2 aliphatic rings. The lowest BCUT2D eigenvalue weighted by atomic mass is 9.91. The minimum atomic E-state index is -0.597. The van der Waals surface area contributed by atoms with Crippen molar-refractivity contribution in [1.82, 2.24) is 4.90 Å². The molecule has 1 saturated carbocycles. The van der Waals surface area contributed by atoms with E-state index in [1.165, 1.54) is 0 Å². The van der Waals surface area contributed by atoms with Gasteiger partial charge in [0, 0.05) is 16.1 Å². The predicted molar refractivity (Wildman–Crippen MR) is 112 cm³/mol. The molecule has 1 unspecified atom stereocenters. The van der Waals surface area contributed by atoms with E-state index in [1.54, 1.807) is 29.2 Å². The minimum Gasteiger partial charge on any atom is -0.507 e. The molecule has 1 N–H and O–H groups in total. The van der Waals surface area contributed by atoms with Crippen molar-refractivity contribution in [3.63, 3.8) is 0 Å². The molecule has 2 fully saturated rings. The van der Waals surface area contributed by atoms with Gasteiger partial charge in [0.05, 0.1) is 11.6 Å². The molecule has 5 heteroatoms. The van der Waals surface area contributed by atoms with Crippen molar-refractivity contribution in [2.75, 3.05) is 0 Å². The van der Waals surface area contributed by atoms with Crippen LogP contribution >= 0.6 is 15.9 Å². The molecule has 28 heavy (non-hydrogen) atoms. The summed E-state index contributed by atoms with van der Waals surface area (Å²) < 4.78 is 0.925. The van der Waals surface area contributed by atoms with Gasteiger partial charge in [0.25, 0.3) is 11.7 Å². The topological polar surface area (TPSA) is 57.6 Å². The highest BCUT2D eigenvalue weighted by Gasteiger charge is 2.48. The van der Waals surface area contributed by atoms with Crippen LogP contribution in [0, 0.1) is 0 Å². The summed E-state index contributed by atoms with van der Waals surface area (Å²) in [5, 5.41) is 11.0. The van der Waals surface area contributed by atoms with Crippen molar-refractivity contribution in [1.29, 1.82) is 0 Å². The maximum absolute atomic E-state index is 13.0. The quantitative estimate of drug-likeness (QED) is 0.405. The van der Waals surface area contributed by atoms with Crippen LogP contribution in [0.1, 0.15) is 49.3 Å². The molecular weight excluding hydrogens is 418 g/mol. The number of aliphatic hydroxyl groups excluding tert-OH is 1. The lowest BCUT2D eigenvalue weighted by Gasteiger charge is -2.35. The molecule has 1 amide bonds. The van der Waals surface area contributed by atoms with Gasteiger partial charge in [0.15, 0.2) is 0 Å². The van der Waals surface area contributed by atoms with Crippen LogP contribution in [0.25, 0.3) is 5.76 Å². The molecule has 2 aromatic rings. The molecule has 0 radical (unpaired) electrons. The number of aliphatic hydroxyl groups is 1. The molecule has 1 aliphatic heterocycles. The second-order valence-corrected chi connectivity index (χ2v) is 8.33. The Labute approximate surface area is 173 Å². The number of Topliss-reactive ketones (excluding diaryl/α,β-unsaturated/α-hetero) is 1. The van der Waals surface area contributed by atoms with Gasteiger partial charge in [-0.1, -0.05) is 77.7 Å². The molecule has 1 saturated heterocycles. The summed E-state index contributed by atoms with van der Waals surface area (Å²) in [6.07, 6.45) is 5.06. The maximum atomic E-state index is 13.0. The van der Waals surface area contributed by atoms with Crippen molar-refractivity contribution in [2.45, 2.75) is 44.2 Å². The van der Waals surface area contributed by atoms with Gasteiger partial charge in [-0.3, -0.25) is 9.59 Å². The smallest absolute Gasteiger partial charge is 0.295 e. The lowest BCUT2D eigenvalue weighted by molar-refractivity contribution is -0.141. The number of rotatable bonds is 3. The second kappa shape index (κ2) is 7.92. The first-order chi connectivity index (χ1) is 13.6. The number of carbonyl (C=O) groups excluding carboxylic acids is 2. The normalized spacial score (nSPS) is 22.6. The summed E-state index contributed by atoms with van der Waals surface area (Å²) in [4.78, 5) is 27.8. The first kappa shape index (κ1) is 18.9. The number of hydrogen-bond donors (Lipinski definition) is 1. The van der Waals surface area contributed by atoms with Gasteiger partial charge in [-0.2, -0.15) is 0 Å². The lowest BCUT2D eigenvalue weighted by Crippen LogP contribution is -2.40. The number of likely N-dealkylation sites (tertiary alicyclic amines) is 1. The minimum absolute atomic E-state index is 0.0277. The number of hydrogen-bond acceptors (Lipinski definition) is 3. The molecule has 4 rings (SSSR count). The van der Waals surface area contributed by atoms with Gasteiger partial charge in [-0.15, -0.1) is 0 Å². The molecule has 0 spiro atoms. The number of nitrogens with zero attached hydrogens (tertiary/aromatic N) is 1. The second-order valence-electron chi connectivity index (χ2n) is 7.42. The van der Waals surface area contributed by atoms with Crippen LogP contribution in [0.4, 0.5) is 0 Å². The number of amides is 1. The van der Waals surface area contributed by atoms with Crippen LogP contribution in [0.5, 0.6) is 0 Å². The summed E-state index contributed by atoms with van der Waals surface area (Å²) in [7, 11) is 0. The molecule has 2 aromatic carbocycles. The van der Waals surface area contributed by atoms with Crippen molar-refractivity contribution in [3.05, 3.63) is 75.8 Å². The van der Waals surface area contributed by atoms with E-state index in [-0.39, 0.29) is 17.4 Å². The Balaban J connectivity index is 1.86. The van der Waals surface area contributed by atoms with Gasteiger partial charge in [0.2, 0.25) is 0 Å². The highest BCUT2D eigenvalue weighted by atomic mass is 79.9. The molecule has 4 nitrogen and oxygen atoms in total. The molecule has 0 aromatic heterocycles. The zero-order valence-electron chi connectivity index (χ0n) is 15.5. The van der Waals surface area contributed by atoms with E-state index in [0.717, 1.165) is 42.1 Å². The Morgan fingerprint density at radius 2 is 1.57 bits per heavy atom. The molecule has 1 aliphatic carbocycles. The number of carbonyl (C=O) groups is 2. The summed E-state index contributed by atoms with van der Waals surface area (Å²) in [6.45, 7) is 0. The van der Waals surface area contributed by atoms with Gasteiger partial charge in [-0.05, 0) is 30.5 Å². The third-order valence-corrected chi connectivity index (χ3v) is 6.21. The van der Waals surface area contributed by atoms with Crippen LogP contribution in [0.2, 0.25) is 0 Å². The fraction of sp³-hybridized carbons (Fsp3) is 0.304. The first-order valence-corrected chi connectivity index (χ1v) is 10.5. The van der Waals surface area contributed by atoms with Crippen LogP contribution in [0.15, 0.2) is 64.6 Å². The number of benzene rings is 2. The fourth-order valence-electron chi connectivity index (χ4n) is 4.31. The standard InChI is InChI=1S/C23H22BrNO3/c24-17-13-11-15(12-14-17)20-19(21(26)16-7-3-1-4-8-16)22(27)23(28)25(20)18-9-5-2-6-10-18/h1,3-4,7-8,11-14,18,20,26H,2,5-6,9-10H2. The fourth-order valence-corrected chi connectivity index (χ4v) is 4.57. The van der Waals surface area contributed by atoms with Crippen molar-refractivity contribution < 1.29 is 14.7 Å². The van der Waals surface area contributed by atoms with Crippen molar-refractivity contribution in [3.8, 4) is 0 Å². The molecule has 0 bridgehead atoms. The highest BCUT2D eigenvalue weighted by molar-refractivity contribution is 9.10. The van der Waals surface area contributed by atoms with Crippen molar-refractivity contribution >= 4 is 33.4 Å². The first-order valence-electron chi connectivity index (χ1n) is 9.69. The predicted octanol–water partition coefficient (Wildman–Crippen LogP) is 5.20. The largest absolute Gasteiger partial charge is 0.507 e. The van der Waals surface area contributed by atoms with Crippen LogP contribution in [0.3, 0.4) is 0 Å². The average molecular weight is 440 g/mol. The van der Waals surface area contributed by atoms with Gasteiger partial charge < -0.3 is 10.0 Å². The van der Waals surface area contributed by atoms with Crippen LogP contribution in [-0.4, -0.2) is 27.7 Å². The Bertz CT molecular complexity index is 915. The SMILES string of the molecule is O=C1C(=O)N(C2CCCCC2)C(c2ccc(Br)cc2)C1=C(O)c1ccccc1. The summed E-state index contributed by atoms with van der Waals surface area (Å²) in [5.41, 5.74) is 1.57. The van der Waals surface area contributed by atoms with E-state index in [1.807, 2.05) is 30.3 Å². The van der Waals surface area contributed by atoms with E-state index in [0.29, 0.717) is 5.56 Å². The molecule has 1 atom stereocenters. The van der Waals surface area contributed by atoms with Gasteiger partial charge >= 0.3 is 0 Å². The Morgan fingerprint density at radius 1 is 0.929 bits per heavy atom. The zero-order chi connectivity index (χ0) is 19.7. The third-order valence-electron chi connectivity index (χ3n) is 5.68. The van der Waals surface area contributed by atoms with E-state index in [9.17, 15) is 14.7 Å². The molecule has 1 heterocycles. The Kier molecular flexibility index (Phi) is 5.36. The average Bonchev–Trinajstić information content (AvgIpc) is 3.00. The summed E-state index contributed by atoms with van der Waals surface area (Å²) in [5.74, 6) is -1.21. The van der Waals surface area contributed by atoms with E-state index in [4.69, 9.17) is 0 Å². The van der Waals surface area contributed by atoms with Gasteiger partial charge in [-0.25, -0.2) is 0 Å². The van der Waals surface area contributed by atoms with Gasteiger partial charge in [0.1, 0.15) is 5.76 Å². The maximum Gasteiger partial charge on any atom is 0.295 e. The number of halogens is 1. The molecule has 144 valence electrons. The van der Waals surface area contributed by atoms with E-state index >= 15 is 0 Å². The zero-order valence-corrected chi connectivity index (χ0v) is 17.1. The van der Waals surface area contributed by atoms with Crippen LogP contribution in [-0.2, 0) is 9.59 Å². The Hall–Kier alpha value is -2.40. The Morgan fingerprint density at radius 3 is 2.21 bits per heavy atom. The molecular formula is C23H22BrNO3. The summed E-state index contributed by atoms with van der Waals surface area (Å²) >= 11 is 3.44. The summed E-state index contributed by atoms with van der Waals surface area (Å²) in [6, 6.07) is 16.1. The van der Waals surface area contributed by atoms with Crippen LogP contribution < -0.4 is 0 Å².